The maximum atomic E-state index is 6.45. The first-order chi connectivity index (χ1) is 30.2. The Labute approximate surface area is 353 Å². The molecule has 10 aromatic carbocycles. The Hall–Kier alpha value is -8.14. The van der Waals surface area contributed by atoms with Crippen LogP contribution in [0.25, 0.3) is 99.2 Å². The largest absolute Gasteiger partial charge is 0.456 e. The van der Waals surface area contributed by atoms with E-state index in [9.17, 15) is 0 Å². The Bertz CT molecular complexity index is 3610. The monoisotopic (exact) mass is 779 g/mol. The minimum Gasteiger partial charge on any atom is -0.456 e. The van der Waals surface area contributed by atoms with Gasteiger partial charge in [0.05, 0.1) is 11.4 Å². The van der Waals surface area contributed by atoms with E-state index in [0.717, 1.165) is 88.8 Å². The van der Waals surface area contributed by atoms with Gasteiger partial charge < -0.3 is 13.7 Å². The lowest BCUT2D eigenvalue weighted by Gasteiger charge is -2.30. The van der Waals surface area contributed by atoms with Crippen LogP contribution in [0, 0.1) is 0 Å². The number of nitrogens with zero attached hydrogens (tertiary/aromatic N) is 1. The van der Waals surface area contributed by atoms with Gasteiger partial charge in [-0.15, -0.1) is 0 Å². The summed E-state index contributed by atoms with van der Waals surface area (Å²) in [7, 11) is 0. The van der Waals surface area contributed by atoms with E-state index in [1.165, 1.54) is 27.5 Å². The Morgan fingerprint density at radius 3 is 1.62 bits per heavy atom. The number of furan rings is 2. The molecule has 12 aromatic rings. The lowest BCUT2D eigenvalue weighted by atomic mass is 9.90. The summed E-state index contributed by atoms with van der Waals surface area (Å²) in [5.41, 5.74) is 15.8. The van der Waals surface area contributed by atoms with Crippen LogP contribution >= 0.6 is 0 Å². The van der Waals surface area contributed by atoms with Crippen molar-refractivity contribution >= 4 is 71.7 Å². The second kappa shape index (κ2) is 14.3. The van der Waals surface area contributed by atoms with Gasteiger partial charge in [-0.2, -0.15) is 0 Å². The highest BCUT2D eigenvalue weighted by Gasteiger charge is 2.23. The first-order valence-electron chi connectivity index (χ1n) is 20.7. The minimum absolute atomic E-state index is 0.869. The summed E-state index contributed by atoms with van der Waals surface area (Å²) < 4.78 is 12.7. The van der Waals surface area contributed by atoms with Gasteiger partial charge in [0.2, 0.25) is 0 Å². The molecule has 0 amide bonds. The van der Waals surface area contributed by atoms with Crippen LogP contribution in [-0.4, -0.2) is 0 Å². The molecule has 0 N–H and O–H groups in total. The average Bonchev–Trinajstić information content (AvgIpc) is 3.90. The quantitative estimate of drug-likeness (QED) is 0.161. The zero-order chi connectivity index (χ0) is 40.3. The SMILES string of the molecule is c1ccc(-c2cccc3cccc(-c4ccccc4N(c4cccc(-c5ccc6oc7ccccc7c6c5)c4)c4ccccc4-c4ccc5c(c4)oc4ccccc45)c23)cc1. The normalized spacial score (nSPS) is 11.6. The standard InChI is InChI=1S/C58H37NO2/c1-2-15-38(16-3-1)45-25-13-17-39-18-14-26-50(58(39)45)46-22-5-9-28-53(46)59(43-20-12-19-40(35-43)41-32-34-56-51(36-41)48-24-7-11-30-55(48)60-56)52-27-8-4-21-44(52)42-31-33-49-47-23-6-10-29-54(47)61-57(49)37-42/h1-37H. The van der Waals surface area contributed by atoms with Crippen molar-refractivity contribution in [1.29, 1.82) is 0 Å². The molecule has 0 aliphatic rings. The molecule has 0 fully saturated rings. The number of rotatable bonds is 7. The molecule has 0 aliphatic heterocycles. The summed E-state index contributed by atoms with van der Waals surface area (Å²) in [4.78, 5) is 2.44. The molecule has 61 heavy (non-hydrogen) atoms. The highest BCUT2D eigenvalue weighted by atomic mass is 16.3. The van der Waals surface area contributed by atoms with Gasteiger partial charge in [-0.3, -0.25) is 0 Å². The predicted octanol–water partition coefficient (Wildman–Crippen LogP) is 16.8. The van der Waals surface area contributed by atoms with E-state index >= 15 is 0 Å². The first kappa shape index (κ1) is 34.9. The molecule has 0 unspecified atom stereocenters. The molecule has 0 saturated carbocycles. The highest BCUT2D eigenvalue weighted by molar-refractivity contribution is 6.10. The van der Waals surface area contributed by atoms with Gasteiger partial charge in [0, 0.05) is 38.4 Å². The Morgan fingerprint density at radius 2 is 0.820 bits per heavy atom. The third kappa shape index (κ3) is 5.90. The summed E-state index contributed by atoms with van der Waals surface area (Å²) in [6, 6.07) is 80.2. The van der Waals surface area contributed by atoms with Crippen LogP contribution in [0.2, 0.25) is 0 Å². The van der Waals surface area contributed by atoms with Crippen LogP contribution in [-0.2, 0) is 0 Å². The van der Waals surface area contributed by atoms with Crippen LogP contribution in [0.5, 0.6) is 0 Å². The summed E-state index contributed by atoms with van der Waals surface area (Å²) in [5, 5.41) is 6.88. The zero-order valence-corrected chi connectivity index (χ0v) is 33.1. The number of hydrogen-bond acceptors (Lipinski definition) is 3. The molecule has 286 valence electrons. The van der Waals surface area contributed by atoms with Gasteiger partial charge in [0.1, 0.15) is 22.3 Å². The molecule has 3 nitrogen and oxygen atoms in total. The van der Waals surface area contributed by atoms with Crippen LogP contribution in [0.3, 0.4) is 0 Å². The lowest BCUT2D eigenvalue weighted by Crippen LogP contribution is -2.12. The number of benzene rings is 10. The number of anilines is 3. The summed E-state index contributed by atoms with van der Waals surface area (Å²) in [6.45, 7) is 0. The van der Waals surface area contributed by atoms with Gasteiger partial charge in [-0.05, 0) is 105 Å². The van der Waals surface area contributed by atoms with Gasteiger partial charge in [0.25, 0.3) is 0 Å². The van der Waals surface area contributed by atoms with Crippen molar-refractivity contribution in [3.63, 3.8) is 0 Å². The second-order valence-electron chi connectivity index (χ2n) is 15.6. The lowest BCUT2D eigenvalue weighted by molar-refractivity contribution is 0.668. The second-order valence-corrected chi connectivity index (χ2v) is 15.6. The molecular weight excluding hydrogens is 743 g/mol. The van der Waals surface area contributed by atoms with Crippen LogP contribution in [0.1, 0.15) is 0 Å². The Kier molecular flexibility index (Phi) is 8.17. The fourth-order valence-corrected chi connectivity index (χ4v) is 9.26. The van der Waals surface area contributed by atoms with Gasteiger partial charge >= 0.3 is 0 Å². The van der Waals surface area contributed by atoms with E-state index in [1.807, 2.05) is 24.3 Å². The summed E-state index contributed by atoms with van der Waals surface area (Å²) in [6.07, 6.45) is 0. The van der Waals surface area contributed by atoms with Gasteiger partial charge in [-0.25, -0.2) is 0 Å². The zero-order valence-electron chi connectivity index (χ0n) is 33.1. The van der Waals surface area contributed by atoms with E-state index in [1.54, 1.807) is 0 Å². The molecule has 2 heterocycles. The maximum Gasteiger partial charge on any atom is 0.136 e. The average molecular weight is 780 g/mol. The van der Waals surface area contributed by atoms with E-state index in [0.29, 0.717) is 0 Å². The molecule has 0 saturated heterocycles. The van der Waals surface area contributed by atoms with Crippen molar-refractivity contribution < 1.29 is 8.83 Å². The number of fused-ring (bicyclic) bond motifs is 7. The van der Waals surface area contributed by atoms with Crippen LogP contribution in [0.4, 0.5) is 17.1 Å². The maximum absolute atomic E-state index is 6.45. The molecule has 0 atom stereocenters. The predicted molar refractivity (Wildman–Crippen MR) is 255 cm³/mol. The Morgan fingerprint density at radius 1 is 0.279 bits per heavy atom. The molecule has 0 spiro atoms. The molecular formula is C58H37NO2. The summed E-state index contributed by atoms with van der Waals surface area (Å²) in [5.74, 6) is 0. The van der Waals surface area contributed by atoms with Crippen molar-refractivity contribution in [2.75, 3.05) is 4.90 Å². The van der Waals surface area contributed by atoms with Crippen molar-refractivity contribution in [3.8, 4) is 44.5 Å². The molecule has 0 bridgehead atoms. The van der Waals surface area contributed by atoms with Crippen molar-refractivity contribution in [2.45, 2.75) is 0 Å². The van der Waals surface area contributed by atoms with Crippen molar-refractivity contribution in [3.05, 3.63) is 224 Å². The molecule has 2 aromatic heterocycles. The third-order valence-electron chi connectivity index (χ3n) is 12.1. The number of hydrogen-bond donors (Lipinski definition) is 0. The van der Waals surface area contributed by atoms with Crippen molar-refractivity contribution in [1.82, 2.24) is 0 Å². The highest BCUT2D eigenvalue weighted by Crippen LogP contribution is 2.48. The third-order valence-corrected chi connectivity index (χ3v) is 12.1. The van der Waals surface area contributed by atoms with Gasteiger partial charge in [0.15, 0.2) is 0 Å². The molecule has 0 aliphatic carbocycles. The smallest absolute Gasteiger partial charge is 0.136 e. The van der Waals surface area contributed by atoms with Gasteiger partial charge in [-0.1, -0.05) is 164 Å². The fourth-order valence-electron chi connectivity index (χ4n) is 9.26. The van der Waals surface area contributed by atoms with Crippen molar-refractivity contribution in [2.24, 2.45) is 0 Å². The fraction of sp³-hybridized carbons (Fsp3) is 0. The topological polar surface area (TPSA) is 29.5 Å². The van der Waals surface area contributed by atoms with E-state index < -0.39 is 0 Å². The number of para-hydroxylation sites is 4. The van der Waals surface area contributed by atoms with E-state index in [-0.39, 0.29) is 0 Å². The Balaban J connectivity index is 1.09. The summed E-state index contributed by atoms with van der Waals surface area (Å²) >= 11 is 0. The van der Waals surface area contributed by atoms with Crippen LogP contribution < -0.4 is 4.90 Å². The first-order valence-corrected chi connectivity index (χ1v) is 20.7. The molecule has 0 radical (unpaired) electrons. The van der Waals surface area contributed by atoms with E-state index in [4.69, 9.17) is 8.83 Å². The minimum atomic E-state index is 0.869. The van der Waals surface area contributed by atoms with Crippen LogP contribution in [0.15, 0.2) is 233 Å². The van der Waals surface area contributed by atoms with E-state index in [2.05, 4.69) is 205 Å². The molecule has 3 heteroatoms. The molecule has 12 rings (SSSR count).